The fourth-order valence-corrected chi connectivity index (χ4v) is 3.15. The van der Waals surface area contributed by atoms with E-state index in [1.807, 2.05) is 24.7 Å². The van der Waals surface area contributed by atoms with Crippen LogP contribution in [-0.4, -0.2) is 14.4 Å². The van der Waals surface area contributed by atoms with Gasteiger partial charge in [-0.2, -0.15) is 0 Å². The summed E-state index contributed by atoms with van der Waals surface area (Å²) in [5, 5.41) is 4.77. The van der Waals surface area contributed by atoms with Crippen LogP contribution in [0.25, 0.3) is 38.1 Å². The van der Waals surface area contributed by atoms with Crippen LogP contribution < -0.4 is 0 Å². The molecule has 1 aromatic carbocycles. The van der Waals surface area contributed by atoms with Gasteiger partial charge in [0, 0.05) is 40.9 Å². The van der Waals surface area contributed by atoms with Crippen molar-refractivity contribution in [2.45, 2.75) is 0 Å². The third-order valence-corrected chi connectivity index (χ3v) is 4.10. The number of aromatic nitrogens is 3. The summed E-state index contributed by atoms with van der Waals surface area (Å²) in [5.74, 6) is 0. The van der Waals surface area contributed by atoms with Crippen molar-refractivity contribution < 1.29 is 0 Å². The summed E-state index contributed by atoms with van der Waals surface area (Å²) in [6, 6.07) is 14.8. The smallest absolute Gasteiger partial charge is 0.0948 e. The van der Waals surface area contributed by atoms with Crippen LogP contribution >= 0.6 is 0 Å². The largest absolute Gasteiger partial charge is 0.314 e. The molecule has 98 valence electrons. The predicted molar refractivity (Wildman–Crippen MR) is 85.5 cm³/mol. The first kappa shape index (κ1) is 10.8. The summed E-state index contributed by atoms with van der Waals surface area (Å²) in [5.41, 5.74) is 3.38. The van der Waals surface area contributed by atoms with Gasteiger partial charge in [-0.1, -0.05) is 6.07 Å². The molecule has 0 amide bonds. The maximum atomic E-state index is 4.58. The first-order valence-corrected chi connectivity index (χ1v) is 6.93. The lowest BCUT2D eigenvalue weighted by Crippen LogP contribution is -1.91. The molecule has 0 saturated heterocycles. The molecular formula is C18H11N3. The zero-order valence-corrected chi connectivity index (χ0v) is 11.2. The molecule has 0 aliphatic carbocycles. The molecule has 0 bridgehead atoms. The van der Waals surface area contributed by atoms with Gasteiger partial charge in [0.1, 0.15) is 0 Å². The Kier molecular flexibility index (Phi) is 1.95. The van der Waals surface area contributed by atoms with Crippen LogP contribution in [-0.2, 0) is 0 Å². The minimum Gasteiger partial charge on any atom is -0.314 e. The Morgan fingerprint density at radius 2 is 1.81 bits per heavy atom. The SMILES string of the molecule is c1cnc2c(c1)c1cc3ccncc3cc1n1cccc21. The third-order valence-electron chi connectivity index (χ3n) is 4.10. The Morgan fingerprint density at radius 1 is 0.810 bits per heavy atom. The highest BCUT2D eigenvalue weighted by molar-refractivity contribution is 6.14. The van der Waals surface area contributed by atoms with Crippen LogP contribution in [0.4, 0.5) is 0 Å². The van der Waals surface area contributed by atoms with E-state index in [0.29, 0.717) is 0 Å². The molecule has 0 spiro atoms. The van der Waals surface area contributed by atoms with E-state index < -0.39 is 0 Å². The molecule has 4 aromatic heterocycles. The van der Waals surface area contributed by atoms with Crippen molar-refractivity contribution in [3.8, 4) is 0 Å². The van der Waals surface area contributed by atoms with Crippen molar-refractivity contribution in [2.75, 3.05) is 0 Å². The van der Waals surface area contributed by atoms with Crippen molar-refractivity contribution in [1.29, 1.82) is 0 Å². The number of benzene rings is 1. The van der Waals surface area contributed by atoms with Gasteiger partial charge in [-0.15, -0.1) is 0 Å². The predicted octanol–water partition coefficient (Wildman–Crippen LogP) is 4.19. The fraction of sp³-hybridized carbons (Fsp3) is 0. The van der Waals surface area contributed by atoms with Crippen LogP contribution in [0.15, 0.2) is 67.3 Å². The molecule has 0 N–H and O–H groups in total. The molecule has 0 aliphatic heterocycles. The van der Waals surface area contributed by atoms with E-state index in [9.17, 15) is 0 Å². The van der Waals surface area contributed by atoms with E-state index in [1.54, 1.807) is 0 Å². The van der Waals surface area contributed by atoms with Gasteiger partial charge in [-0.05, 0) is 41.8 Å². The van der Waals surface area contributed by atoms with Gasteiger partial charge >= 0.3 is 0 Å². The Bertz CT molecular complexity index is 1140. The topological polar surface area (TPSA) is 30.2 Å². The Morgan fingerprint density at radius 3 is 2.81 bits per heavy atom. The summed E-state index contributed by atoms with van der Waals surface area (Å²) in [6.07, 6.45) is 7.69. The van der Waals surface area contributed by atoms with E-state index in [1.165, 1.54) is 21.7 Å². The van der Waals surface area contributed by atoms with E-state index in [2.05, 4.69) is 57.0 Å². The van der Waals surface area contributed by atoms with E-state index in [-0.39, 0.29) is 0 Å². The zero-order chi connectivity index (χ0) is 13.8. The van der Waals surface area contributed by atoms with Gasteiger partial charge in [-0.3, -0.25) is 9.97 Å². The molecule has 21 heavy (non-hydrogen) atoms. The molecule has 3 heteroatoms. The zero-order valence-electron chi connectivity index (χ0n) is 11.2. The second kappa shape index (κ2) is 3.79. The Labute approximate surface area is 120 Å². The van der Waals surface area contributed by atoms with Crippen LogP contribution in [0.5, 0.6) is 0 Å². The number of rotatable bonds is 0. The highest BCUT2D eigenvalue weighted by Gasteiger charge is 2.09. The van der Waals surface area contributed by atoms with E-state index in [0.717, 1.165) is 16.4 Å². The summed E-state index contributed by atoms with van der Waals surface area (Å²) in [6.45, 7) is 0. The molecule has 0 unspecified atom stereocenters. The first-order valence-electron chi connectivity index (χ1n) is 6.93. The van der Waals surface area contributed by atoms with Crippen LogP contribution in [0.1, 0.15) is 0 Å². The average Bonchev–Trinajstić information content (AvgIpc) is 3.03. The van der Waals surface area contributed by atoms with Crippen molar-refractivity contribution in [3.05, 3.63) is 67.3 Å². The molecule has 3 nitrogen and oxygen atoms in total. The number of hydrogen-bond donors (Lipinski definition) is 0. The van der Waals surface area contributed by atoms with Gasteiger partial charge in [0.25, 0.3) is 0 Å². The van der Waals surface area contributed by atoms with Crippen LogP contribution in [0.3, 0.4) is 0 Å². The fourth-order valence-electron chi connectivity index (χ4n) is 3.15. The molecule has 0 aliphatic rings. The lowest BCUT2D eigenvalue weighted by Gasteiger charge is -2.09. The molecule has 0 saturated carbocycles. The molecule has 4 heterocycles. The lowest BCUT2D eigenvalue weighted by atomic mass is 10.0. The van der Waals surface area contributed by atoms with Gasteiger partial charge in [0.2, 0.25) is 0 Å². The van der Waals surface area contributed by atoms with Crippen molar-refractivity contribution in [1.82, 2.24) is 14.4 Å². The normalized spacial score (nSPS) is 11.8. The van der Waals surface area contributed by atoms with Gasteiger partial charge in [-0.25, -0.2) is 0 Å². The Balaban J connectivity index is 2.18. The minimum absolute atomic E-state index is 1.04. The highest BCUT2D eigenvalue weighted by atomic mass is 14.9. The average molecular weight is 269 g/mol. The van der Waals surface area contributed by atoms with Crippen LogP contribution in [0, 0.1) is 0 Å². The molecule has 5 aromatic rings. The second-order valence-electron chi connectivity index (χ2n) is 5.26. The summed E-state index contributed by atoms with van der Waals surface area (Å²) < 4.78 is 2.21. The van der Waals surface area contributed by atoms with Gasteiger partial charge < -0.3 is 4.40 Å². The molecule has 5 rings (SSSR count). The number of fused-ring (bicyclic) bond motifs is 7. The monoisotopic (exact) mass is 269 g/mol. The Hall–Kier alpha value is -2.94. The van der Waals surface area contributed by atoms with Crippen molar-refractivity contribution in [2.24, 2.45) is 0 Å². The number of nitrogens with zero attached hydrogens (tertiary/aromatic N) is 3. The maximum Gasteiger partial charge on any atom is 0.0948 e. The summed E-state index contributed by atoms with van der Waals surface area (Å²) >= 11 is 0. The van der Waals surface area contributed by atoms with Crippen LogP contribution in [0.2, 0.25) is 0 Å². The highest BCUT2D eigenvalue weighted by Crippen LogP contribution is 2.31. The first-order chi connectivity index (χ1) is 10.4. The maximum absolute atomic E-state index is 4.58. The summed E-state index contributed by atoms with van der Waals surface area (Å²) in [7, 11) is 0. The van der Waals surface area contributed by atoms with Gasteiger partial charge in [0.05, 0.1) is 16.6 Å². The van der Waals surface area contributed by atoms with E-state index >= 15 is 0 Å². The number of hydrogen-bond acceptors (Lipinski definition) is 2. The molecular weight excluding hydrogens is 258 g/mol. The number of pyridine rings is 3. The standard InChI is InChI=1S/C18H11N3/c1-3-14-15-9-12-5-7-19-11-13(12)10-17(15)21-8-2-4-16(21)18(14)20-6-1/h1-11H. The summed E-state index contributed by atoms with van der Waals surface area (Å²) in [4.78, 5) is 8.81. The minimum atomic E-state index is 1.04. The molecule has 0 radical (unpaired) electrons. The third kappa shape index (κ3) is 1.37. The second-order valence-corrected chi connectivity index (χ2v) is 5.26. The lowest BCUT2D eigenvalue weighted by molar-refractivity contribution is 1.27. The van der Waals surface area contributed by atoms with Gasteiger partial charge in [0.15, 0.2) is 0 Å². The van der Waals surface area contributed by atoms with Crippen molar-refractivity contribution >= 4 is 38.1 Å². The molecule has 0 fully saturated rings. The molecule has 0 atom stereocenters. The van der Waals surface area contributed by atoms with E-state index in [4.69, 9.17) is 0 Å². The quantitative estimate of drug-likeness (QED) is 0.312. The van der Waals surface area contributed by atoms with Crippen molar-refractivity contribution in [3.63, 3.8) is 0 Å².